The van der Waals surface area contributed by atoms with Gasteiger partial charge in [-0.3, -0.25) is 4.99 Å². The number of guanidine groups is 1. The number of methoxy groups -OCH3 is 1. The molecule has 2 heterocycles. The van der Waals surface area contributed by atoms with Crippen molar-refractivity contribution in [1.82, 2.24) is 25.4 Å². The summed E-state index contributed by atoms with van der Waals surface area (Å²) in [6, 6.07) is 6.48. The van der Waals surface area contributed by atoms with E-state index in [4.69, 9.17) is 4.74 Å². The molecule has 1 atom stereocenters. The van der Waals surface area contributed by atoms with Crippen molar-refractivity contribution >= 4 is 5.96 Å². The molecule has 1 aliphatic rings. The predicted molar refractivity (Wildman–Crippen MR) is 103 cm³/mol. The van der Waals surface area contributed by atoms with Crippen molar-refractivity contribution in [2.45, 2.75) is 45.7 Å². The molecule has 0 spiro atoms. The molecule has 1 aliphatic heterocycles. The molecule has 0 bridgehead atoms. The lowest BCUT2D eigenvalue weighted by Crippen LogP contribution is -2.42. The van der Waals surface area contributed by atoms with Crippen molar-refractivity contribution in [2.24, 2.45) is 4.99 Å². The standard InChI is InChI=1S/C19H28N6O/c1-13-7-8-15(12-17(13)26-4)9-10-21-19(20-3)23-16-6-5-11-25-18(16)22-14(2)24-25/h7-8,12,16H,5-6,9-11H2,1-4H3,(H2,20,21,23). The van der Waals surface area contributed by atoms with Crippen LogP contribution in [0.3, 0.4) is 0 Å². The zero-order chi connectivity index (χ0) is 18.5. The molecule has 3 rings (SSSR count). The van der Waals surface area contributed by atoms with Crippen LogP contribution in [0.5, 0.6) is 5.75 Å². The fourth-order valence-electron chi connectivity index (χ4n) is 3.31. The minimum atomic E-state index is 0.149. The van der Waals surface area contributed by atoms with Gasteiger partial charge in [-0.15, -0.1) is 0 Å². The second-order valence-corrected chi connectivity index (χ2v) is 6.63. The Morgan fingerprint density at radius 2 is 2.23 bits per heavy atom. The van der Waals surface area contributed by atoms with Gasteiger partial charge in [-0.2, -0.15) is 5.10 Å². The van der Waals surface area contributed by atoms with Crippen LogP contribution in [0.2, 0.25) is 0 Å². The Hall–Kier alpha value is -2.57. The summed E-state index contributed by atoms with van der Waals surface area (Å²) in [6.45, 7) is 5.72. The topological polar surface area (TPSA) is 76.4 Å². The van der Waals surface area contributed by atoms with Crippen molar-refractivity contribution in [3.05, 3.63) is 41.0 Å². The Morgan fingerprint density at radius 3 is 3.00 bits per heavy atom. The normalized spacial score (nSPS) is 16.9. The number of hydrogen-bond acceptors (Lipinski definition) is 4. The van der Waals surface area contributed by atoms with E-state index in [1.165, 1.54) is 5.56 Å². The van der Waals surface area contributed by atoms with Crippen LogP contribution < -0.4 is 15.4 Å². The fourth-order valence-corrected chi connectivity index (χ4v) is 3.31. The number of nitrogens with one attached hydrogen (secondary N) is 2. The van der Waals surface area contributed by atoms with Gasteiger partial charge >= 0.3 is 0 Å². The SMILES string of the molecule is CN=C(NCCc1ccc(C)c(OC)c1)NC1CCCn2nc(C)nc21. The van der Waals surface area contributed by atoms with Crippen molar-refractivity contribution < 1.29 is 4.74 Å². The maximum Gasteiger partial charge on any atom is 0.191 e. The number of rotatable bonds is 5. The largest absolute Gasteiger partial charge is 0.496 e. The number of benzene rings is 1. The summed E-state index contributed by atoms with van der Waals surface area (Å²) in [5.74, 6) is 3.55. The molecule has 1 unspecified atom stereocenters. The molecule has 7 nitrogen and oxygen atoms in total. The number of hydrogen-bond donors (Lipinski definition) is 2. The molecule has 2 aromatic rings. The predicted octanol–water partition coefficient (Wildman–Crippen LogP) is 2.15. The van der Waals surface area contributed by atoms with Gasteiger partial charge < -0.3 is 15.4 Å². The van der Waals surface area contributed by atoms with Crippen LogP contribution in [0.4, 0.5) is 0 Å². The Bertz CT molecular complexity index is 782. The minimum absolute atomic E-state index is 0.149. The third-order valence-electron chi connectivity index (χ3n) is 4.69. The summed E-state index contributed by atoms with van der Waals surface area (Å²) < 4.78 is 7.40. The summed E-state index contributed by atoms with van der Waals surface area (Å²) >= 11 is 0. The Balaban J connectivity index is 1.56. The first-order valence-electron chi connectivity index (χ1n) is 9.12. The van der Waals surface area contributed by atoms with E-state index < -0.39 is 0 Å². The van der Waals surface area contributed by atoms with Crippen LogP contribution in [0.1, 0.15) is 41.7 Å². The van der Waals surface area contributed by atoms with Crippen molar-refractivity contribution in [1.29, 1.82) is 0 Å². The Morgan fingerprint density at radius 1 is 1.38 bits per heavy atom. The van der Waals surface area contributed by atoms with E-state index in [9.17, 15) is 0 Å². The number of aromatic nitrogens is 3. The molecule has 7 heteroatoms. The van der Waals surface area contributed by atoms with Crippen LogP contribution in [-0.2, 0) is 13.0 Å². The first-order valence-corrected chi connectivity index (χ1v) is 9.12. The first-order chi connectivity index (χ1) is 12.6. The third-order valence-corrected chi connectivity index (χ3v) is 4.69. The van der Waals surface area contributed by atoms with Crippen LogP contribution >= 0.6 is 0 Å². The number of ether oxygens (including phenoxy) is 1. The van der Waals surface area contributed by atoms with E-state index in [2.05, 4.69) is 50.8 Å². The quantitative estimate of drug-likeness (QED) is 0.634. The van der Waals surface area contributed by atoms with Gasteiger partial charge in [0.15, 0.2) is 5.96 Å². The van der Waals surface area contributed by atoms with E-state index >= 15 is 0 Å². The second kappa shape index (κ2) is 8.21. The maximum absolute atomic E-state index is 5.40. The highest BCUT2D eigenvalue weighted by atomic mass is 16.5. The van der Waals surface area contributed by atoms with Gasteiger partial charge in [0.2, 0.25) is 0 Å². The van der Waals surface area contributed by atoms with Crippen LogP contribution in [-0.4, -0.2) is 41.4 Å². The summed E-state index contributed by atoms with van der Waals surface area (Å²) in [4.78, 5) is 8.92. The highest BCUT2D eigenvalue weighted by molar-refractivity contribution is 5.80. The summed E-state index contributed by atoms with van der Waals surface area (Å²) in [5.41, 5.74) is 2.39. The van der Waals surface area contributed by atoms with Crippen LogP contribution in [0.25, 0.3) is 0 Å². The smallest absolute Gasteiger partial charge is 0.191 e. The van der Waals surface area contributed by atoms with Gasteiger partial charge in [0.05, 0.1) is 13.2 Å². The summed E-state index contributed by atoms with van der Waals surface area (Å²) in [7, 11) is 3.50. The van der Waals surface area contributed by atoms with E-state index in [0.717, 1.165) is 61.3 Å². The van der Waals surface area contributed by atoms with Gasteiger partial charge in [0, 0.05) is 20.1 Å². The first kappa shape index (κ1) is 18.2. The summed E-state index contributed by atoms with van der Waals surface area (Å²) in [6.07, 6.45) is 3.03. The molecule has 2 N–H and O–H groups in total. The number of fused-ring (bicyclic) bond motifs is 1. The molecule has 1 aromatic heterocycles. The van der Waals surface area contributed by atoms with Gasteiger partial charge in [0.25, 0.3) is 0 Å². The van der Waals surface area contributed by atoms with E-state index in [1.807, 2.05) is 11.6 Å². The van der Waals surface area contributed by atoms with Crippen LogP contribution in [0, 0.1) is 13.8 Å². The van der Waals surface area contributed by atoms with Crippen molar-refractivity contribution in [2.75, 3.05) is 20.7 Å². The zero-order valence-electron chi connectivity index (χ0n) is 16.0. The molecule has 0 saturated heterocycles. The molecule has 0 radical (unpaired) electrons. The average molecular weight is 356 g/mol. The third kappa shape index (κ3) is 4.15. The molecule has 0 aliphatic carbocycles. The van der Waals surface area contributed by atoms with Gasteiger partial charge in [-0.25, -0.2) is 9.67 Å². The number of aryl methyl sites for hydroxylation is 3. The highest BCUT2D eigenvalue weighted by Gasteiger charge is 2.24. The van der Waals surface area contributed by atoms with Crippen molar-refractivity contribution in [3.63, 3.8) is 0 Å². The molecule has 1 aromatic carbocycles. The fraction of sp³-hybridized carbons (Fsp3) is 0.526. The van der Waals surface area contributed by atoms with E-state index in [1.54, 1.807) is 14.2 Å². The number of aliphatic imine (C=N–C) groups is 1. The lowest BCUT2D eigenvalue weighted by Gasteiger charge is -2.25. The van der Waals surface area contributed by atoms with Gasteiger partial charge in [-0.1, -0.05) is 12.1 Å². The molecule has 140 valence electrons. The molecular weight excluding hydrogens is 328 g/mol. The highest BCUT2D eigenvalue weighted by Crippen LogP contribution is 2.23. The monoisotopic (exact) mass is 356 g/mol. The average Bonchev–Trinajstić information content (AvgIpc) is 3.03. The molecular formula is C19H28N6O. The van der Waals surface area contributed by atoms with Crippen LogP contribution in [0.15, 0.2) is 23.2 Å². The lowest BCUT2D eigenvalue weighted by atomic mass is 10.1. The van der Waals surface area contributed by atoms with E-state index in [-0.39, 0.29) is 6.04 Å². The maximum atomic E-state index is 5.40. The molecule has 0 amide bonds. The Labute approximate surface area is 154 Å². The van der Waals surface area contributed by atoms with E-state index in [0.29, 0.717) is 0 Å². The second-order valence-electron chi connectivity index (χ2n) is 6.63. The lowest BCUT2D eigenvalue weighted by molar-refractivity contribution is 0.397. The zero-order valence-corrected chi connectivity index (χ0v) is 16.0. The number of nitrogens with zero attached hydrogens (tertiary/aromatic N) is 4. The molecule has 26 heavy (non-hydrogen) atoms. The van der Waals surface area contributed by atoms with Crippen molar-refractivity contribution in [3.8, 4) is 5.75 Å². The summed E-state index contributed by atoms with van der Waals surface area (Å²) in [5, 5.41) is 11.3. The Kier molecular flexibility index (Phi) is 5.75. The molecule has 0 saturated carbocycles. The minimum Gasteiger partial charge on any atom is -0.496 e. The molecule has 0 fully saturated rings. The van der Waals surface area contributed by atoms with Gasteiger partial charge in [0.1, 0.15) is 17.4 Å². The van der Waals surface area contributed by atoms with Gasteiger partial charge in [-0.05, 0) is 50.3 Å².